The van der Waals surface area contributed by atoms with Gasteiger partial charge in [-0.15, -0.1) is 0 Å². The van der Waals surface area contributed by atoms with Gasteiger partial charge in [-0.05, 0) is 26.5 Å². The van der Waals surface area contributed by atoms with E-state index in [4.69, 9.17) is 4.52 Å². The summed E-state index contributed by atoms with van der Waals surface area (Å²) in [6.45, 7) is 4.31. The van der Waals surface area contributed by atoms with E-state index in [1.165, 1.54) is 11.4 Å². The molecule has 0 bridgehead atoms. The molecule has 0 spiro atoms. The van der Waals surface area contributed by atoms with Crippen molar-refractivity contribution in [3.8, 4) is 0 Å². The molecule has 78 valence electrons. The molecule has 3 nitrogen and oxygen atoms in total. The van der Waals surface area contributed by atoms with E-state index in [1.807, 2.05) is 20.8 Å². The Morgan fingerprint density at radius 2 is 2.08 bits per heavy atom. The second-order valence-corrected chi connectivity index (χ2v) is 9.35. The third kappa shape index (κ3) is 2.12. The smallest absolute Gasteiger partial charge is 0.288 e. The summed E-state index contributed by atoms with van der Waals surface area (Å²) >= 11 is 1.23. The monoisotopic (exact) mass is 224 g/mol. The Kier molecular flexibility index (Phi) is 2.91. The lowest BCUT2D eigenvalue weighted by atomic mass is 10.0. The molecule has 2 atom stereocenters. The molecule has 1 rings (SSSR count). The Bertz CT molecular complexity index is 250. The Hall–Kier alpha value is 0.500. The molecule has 13 heavy (non-hydrogen) atoms. The van der Waals surface area contributed by atoms with Gasteiger partial charge in [0.05, 0.1) is 5.60 Å². The highest BCUT2D eigenvalue weighted by atomic mass is 32.7. The van der Waals surface area contributed by atoms with E-state index < -0.39 is 17.5 Å². The molecular formula is C8H17O3PS. The molecule has 1 aliphatic rings. The lowest BCUT2D eigenvalue weighted by molar-refractivity contribution is 0.0933. The van der Waals surface area contributed by atoms with Crippen LogP contribution in [0.4, 0.5) is 0 Å². The van der Waals surface area contributed by atoms with Crippen molar-refractivity contribution in [1.29, 1.82) is 0 Å². The molecule has 1 fully saturated rings. The summed E-state index contributed by atoms with van der Waals surface area (Å²) in [4.78, 5) is 0. The molecule has 5 heteroatoms. The van der Waals surface area contributed by atoms with Crippen molar-refractivity contribution < 1.29 is 14.2 Å². The van der Waals surface area contributed by atoms with Gasteiger partial charge in [-0.2, -0.15) is 0 Å². The van der Waals surface area contributed by atoms with Crippen LogP contribution in [0, 0.1) is 0 Å². The van der Waals surface area contributed by atoms with Crippen molar-refractivity contribution in [1.82, 2.24) is 0 Å². The fourth-order valence-electron chi connectivity index (χ4n) is 1.69. The molecular weight excluding hydrogens is 207 g/mol. The standard InChI is InChI=1S/C8H17O3PS/c1-5-13-12(10)8(4,9)6-7(2,3)11-12/h9H,5-6H2,1-4H3/t8-,12+/m0/s1. The Labute approximate surface area is 83.4 Å². The summed E-state index contributed by atoms with van der Waals surface area (Å²) in [5.41, 5.74) is -0.471. The molecule has 1 N–H and O–H groups in total. The molecule has 0 aromatic heterocycles. The Morgan fingerprint density at radius 3 is 2.38 bits per heavy atom. The van der Waals surface area contributed by atoms with E-state index >= 15 is 0 Å². The topological polar surface area (TPSA) is 46.5 Å². The summed E-state index contributed by atoms with van der Waals surface area (Å²) in [5, 5.41) is 8.80. The molecule has 0 aliphatic carbocycles. The van der Waals surface area contributed by atoms with Crippen LogP contribution in [0.5, 0.6) is 0 Å². The van der Waals surface area contributed by atoms with Crippen molar-refractivity contribution in [3.05, 3.63) is 0 Å². The molecule has 1 saturated heterocycles. The summed E-state index contributed by atoms with van der Waals surface area (Å²) in [6, 6.07) is 0. The normalized spacial score (nSPS) is 43.8. The van der Waals surface area contributed by atoms with E-state index in [0.29, 0.717) is 12.2 Å². The predicted octanol–water partition coefficient (Wildman–Crippen LogP) is 2.84. The van der Waals surface area contributed by atoms with Gasteiger partial charge in [0, 0.05) is 6.42 Å². The maximum Gasteiger partial charge on any atom is 0.288 e. The highest BCUT2D eigenvalue weighted by Gasteiger charge is 2.56. The zero-order valence-corrected chi connectivity index (χ0v) is 10.2. The summed E-state index contributed by atoms with van der Waals surface area (Å²) in [5.74, 6) is 0.698. The average molecular weight is 224 g/mol. The van der Waals surface area contributed by atoms with Gasteiger partial charge in [-0.3, -0.25) is 4.57 Å². The molecule has 1 aliphatic heterocycles. The Balaban J connectivity index is 2.93. The first-order valence-electron chi connectivity index (χ1n) is 4.40. The highest BCUT2D eigenvalue weighted by Crippen LogP contribution is 2.75. The first kappa shape index (κ1) is 11.6. The summed E-state index contributed by atoms with van der Waals surface area (Å²) in [7, 11) is 0. The molecule has 0 unspecified atom stereocenters. The fraction of sp³-hybridized carbons (Fsp3) is 1.00. The van der Waals surface area contributed by atoms with Crippen molar-refractivity contribution in [2.24, 2.45) is 0 Å². The van der Waals surface area contributed by atoms with Crippen LogP contribution in [0.2, 0.25) is 0 Å². The quantitative estimate of drug-likeness (QED) is 0.732. The maximum atomic E-state index is 12.2. The zero-order valence-electron chi connectivity index (χ0n) is 8.53. The number of aliphatic hydroxyl groups is 1. The van der Waals surface area contributed by atoms with Crippen LogP contribution in [-0.2, 0) is 9.09 Å². The van der Waals surface area contributed by atoms with E-state index in [9.17, 15) is 9.67 Å². The third-order valence-corrected chi connectivity index (χ3v) is 7.89. The minimum atomic E-state index is -2.92. The predicted molar refractivity (Wildman–Crippen MR) is 56.1 cm³/mol. The van der Waals surface area contributed by atoms with Crippen LogP contribution in [-0.4, -0.2) is 21.8 Å². The van der Waals surface area contributed by atoms with Crippen LogP contribution in [0.3, 0.4) is 0 Å². The van der Waals surface area contributed by atoms with Gasteiger partial charge in [-0.1, -0.05) is 18.3 Å². The van der Waals surface area contributed by atoms with Crippen LogP contribution in [0.1, 0.15) is 34.1 Å². The second-order valence-electron chi connectivity index (χ2n) is 4.16. The zero-order chi connectivity index (χ0) is 10.3. The fourth-order valence-corrected chi connectivity index (χ4v) is 6.66. The summed E-state index contributed by atoms with van der Waals surface area (Å²) in [6.07, 6.45) is 0.435. The number of rotatable bonds is 2. The lowest BCUT2D eigenvalue weighted by Crippen LogP contribution is -2.24. The van der Waals surface area contributed by atoms with Gasteiger partial charge >= 0.3 is 0 Å². The van der Waals surface area contributed by atoms with Gasteiger partial charge < -0.3 is 9.63 Å². The maximum absolute atomic E-state index is 12.2. The van der Waals surface area contributed by atoms with Crippen molar-refractivity contribution in [3.63, 3.8) is 0 Å². The van der Waals surface area contributed by atoms with Gasteiger partial charge in [0.15, 0.2) is 0 Å². The van der Waals surface area contributed by atoms with Gasteiger partial charge in [0.1, 0.15) is 5.34 Å². The first-order chi connectivity index (χ1) is 5.72. The first-order valence-corrected chi connectivity index (χ1v) is 7.62. The lowest BCUT2D eigenvalue weighted by Gasteiger charge is -2.22. The number of hydrogen-bond donors (Lipinski definition) is 1. The van der Waals surface area contributed by atoms with E-state index in [2.05, 4.69) is 0 Å². The molecule has 1 heterocycles. The minimum Gasteiger partial charge on any atom is -0.379 e. The van der Waals surface area contributed by atoms with Crippen molar-refractivity contribution in [2.45, 2.75) is 45.1 Å². The van der Waals surface area contributed by atoms with Crippen molar-refractivity contribution in [2.75, 3.05) is 5.75 Å². The average Bonchev–Trinajstić information content (AvgIpc) is 1.96. The van der Waals surface area contributed by atoms with Crippen LogP contribution >= 0.6 is 18.0 Å². The van der Waals surface area contributed by atoms with Gasteiger partial charge in [0.25, 0.3) is 6.57 Å². The van der Waals surface area contributed by atoms with Crippen LogP contribution in [0.15, 0.2) is 0 Å². The highest BCUT2D eigenvalue weighted by molar-refractivity contribution is 8.57. The number of hydrogen-bond acceptors (Lipinski definition) is 4. The van der Waals surface area contributed by atoms with E-state index in [1.54, 1.807) is 6.92 Å². The molecule has 0 aromatic rings. The van der Waals surface area contributed by atoms with Crippen LogP contribution in [0.25, 0.3) is 0 Å². The van der Waals surface area contributed by atoms with Gasteiger partial charge in [-0.25, -0.2) is 0 Å². The van der Waals surface area contributed by atoms with Crippen molar-refractivity contribution >= 4 is 18.0 Å². The van der Waals surface area contributed by atoms with E-state index in [0.717, 1.165) is 0 Å². The van der Waals surface area contributed by atoms with Gasteiger partial charge in [0.2, 0.25) is 0 Å². The molecule has 0 radical (unpaired) electrons. The SMILES string of the molecule is CCS[P@]1(=O)OC(C)(C)C[C@@]1(C)O. The third-order valence-electron chi connectivity index (χ3n) is 2.02. The second kappa shape index (κ2) is 3.27. The van der Waals surface area contributed by atoms with Crippen LogP contribution < -0.4 is 0 Å². The Morgan fingerprint density at radius 1 is 1.54 bits per heavy atom. The molecule has 0 aromatic carbocycles. The molecule has 0 saturated carbocycles. The summed E-state index contributed by atoms with van der Waals surface area (Å²) < 4.78 is 17.6. The molecule has 0 amide bonds. The largest absolute Gasteiger partial charge is 0.379 e. The van der Waals surface area contributed by atoms with E-state index in [-0.39, 0.29) is 0 Å². The minimum absolute atomic E-state index is 0.435.